The van der Waals surface area contributed by atoms with Crippen LogP contribution in [-0.2, 0) is 0 Å². The molecule has 112 valence electrons. The molecule has 2 unspecified atom stereocenters. The van der Waals surface area contributed by atoms with Crippen LogP contribution in [0.2, 0.25) is 15.1 Å². The molecule has 0 aliphatic rings. The molecule has 0 aliphatic carbocycles. The molecule has 0 aliphatic heterocycles. The summed E-state index contributed by atoms with van der Waals surface area (Å²) in [5.41, 5.74) is 6.91. The lowest BCUT2D eigenvalue weighted by molar-refractivity contribution is 0.180. The Kier molecular flexibility index (Phi) is 5.81. The Balaban J connectivity index is 2.35. The van der Waals surface area contributed by atoms with Crippen molar-refractivity contribution < 1.29 is 4.74 Å². The first-order valence-corrected chi connectivity index (χ1v) is 8.13. The van der Waals surface area contributed by atoms with Gasteiger partial charge in [0.1, 0.15) is 11.9 Å². The Morgan fingerprint density at radius 2 is 1.81 bits per heavy atom. The van der Waals surface area contributed by atoms with Crippen LogP contribution in [-0.4, -0.2) is 6.04 Å². The maximum absolute atomic E-state index is 6.19. The molecule has 2 nitrogen and oxygen atoms in total. The SMILES string of the molecule is CC(N)C(Oc1cc(Cl)c(Br)cc1Cl)c1cccc(Cl)c1. The van der Waals surface area contributed by atoms with Crippen LogP contribution in [0.3, 0.4) is 0 Å². The van der Waals surface area contributed by atoms with Gasteiger partial charge in [0, 0.05) is 21.6 Å². The molecule has 0 amide bonds. The van der Waals surface area contributed by atoms with Crippen molar-refractivity contribution in [3.63, 3.8) is 0 Å². The molecule has 2 aromatic rings. The second-order valence-corrected chi connectivity index (χ2v) is 6.75. The zero-order valence-corrected chi connectivity index (χ0v) is 15.0. The van der Waals surface area contributed by atoms with E-state index in [4.69, 9.17) is 45.3 Å². The van der Waals surface area contributed by atoms with Crippen LogP contribution in [0.1, 0.15) is 18.6 Å². The molecule has 2 N–H and O–H groups in total. The van der Waals surface area contributed by atoms with Crippen LogP contribution in [0.25, 0.3) is 0 Å². The smallest absolute Gasteiger partial charge is 0.140 e. The summed E-state index contributed by atoms with van der Waals surface area (Å²) in [5.74, 6) is 0.479. The number of benzene rings is 2. The Hall–Kier alpha value is -0.450. The average Bonchev–Trinajstić information content (AvgIpc) is 2.41. The minimum absolute atomic E-state index is 0.248. The zero-order valence-electron chi connectivity index (χ0n) is 11.1. The summed E-state index contributed by atoms with van der Waals surface area (Å²) < 4.78 is 6.67. The molecule has 0 radical (unpaired) electrons. The highest BCUT2D eigenvalue weighted by molar-refractivity contribution is 9.10. The molecule has 0 aromatic heterocycles. The molecule has 0 saturated carbocycles. The molecule has 0 heterocycles. The van der Waals surface area contributed by atoms with E-state index in [-0.39, 0.29) is 12.1 Å². The summed E-state index contributed by atoms with van der Waals surface area (Å²) in [5, 5.41) is 1.60. The summed E-state index contributed by atoms with van der Waals surface area (Å²) in [6.45, 7) is 1.86. The highest BCUT2D eigenvalue weighted by atomic mass is 79.9. The van der Waals surface area contributed by atoms with E-state index >= 15 is 0 Å². The highest BCUT2D eigenvalue weighted by Crippen LogP contribution is 2.37. The Morgan fingerprint density at radius 3 is 2.43 bits per heavy atom. The van der Waals surface area contributed by atoms with Gasteiger partial charge in [0.05, 0.1) is 10.0 Å². The topological polar surface area (TPSA) is 35.2 Å². The third-order valence-corrected chi connectivity index (χ3v) is 4.61. The normalized spacial score (nSPS) is 13.8. The molecule has 0 saturated heterocycles. The quantitative estimate of drug-likeness (QED) is 0.640. The predicted octanol–water partition coefficient (Wildman–Crippen LogP) is 5.88. The van der Waals surface area contributed by atoms with Crippen LogP contribution in [0.15, 0.2) is 40.9 Å². The number of ether oxygens (including phenoxy) is 1. The second kappa shape index (κ2) is 7.21. The fourth-order valence-corrected chi connectivity index (χ4v) is 2.93. The van der Waals surface area contributed by atoms with Gasteiger partial charge in [0.2, 0.25) is 0 Å². The zero-order chi connectivity index (χ0) is 15.6. The maximum atomic E-state index is 6.19. The van der Waals surface area contributed by atoms with Gasteiger partial charge in [0.25, 0.3) is 0 Å². The lowest BCUT2D eigenvalue weighted by Gasteiger charge is -2.24. The summed E-state index contributed by atoms with van der Waals surface area (Å²) in [7, 11) is 0. The van der Waals surface area contributed by atoms with Crippen LogP contribution >= 0.6 is 50.7 Å². The molecule has 6 heteroatoms. The summed E-state index contributed by atoms with van der Waals surface area (Å²) >= 11 is 21.6. The summed E-state index contributed by atoms with van der Waals surface area (Å²) in [6, 6.07) is 10.5. The largest absolute Gasteiger partial charge is 0.482 e. The second-order valence-electron chi connectivity index (χ2n) is 4.65. The van der Waals surface area contributed by atoms with Crippen LogP contribution in [0.5, 0.6) is 5.75 Å². The maximum Gasteiger partial charge on any atom is 0.140 e. The highest BCUT2D eigenvalue weighted by Gasteiger charge is 2.20. The van der Waals surface area contributed by atoms with E-state index in [0.717, 1.165) is 5.56 Å². The molecule has 0 spiro atoms. The van der Waals surface area contributed by atoms with Gasteiger partial charge in [-0.15, -0.1) is 0 Å². The number of hydrogen-bond acceptors (Lipinski definition) is 2. The van der Waals surface area contributed by atoms with Crippen LogP contribution in [0.4, 0.5) is 0 Å². The van der Waals surface area contributed by atoms with Crippen molar-refractivity contribution in [3.8, 4) is 5.75 Å². The van der Waals surface area contributed by atoms with Crippen molar-refractivity contribution in [3.05, 3.63) is 61.5 Å². The average molecular weight is 410 g/mol. The minimum atomic E-state index is -0.376. The van der Waals surface area contributed by atoms with E-state index in [1.54, 1.807) is 18.2 Å². The van der Waals surface area contributed by atoms with E-state index in [1.807, 2.05) is 25.1 Å². The van der Waals surface area contributed by atoms with E-state index in [0.29, 0.717) is 25.3 Å². The molecular formula is C15H13BrCl3NO. The third-order valence-electron chi connectivity index (χ3n) is 2.88. The minimum Gasteiger partial charge on any atom is -0.482 e. The molecular weight excluding hydrogens is 396 g/mol. The van der Waals surface area contributed by atoms with Crippen LogP contribution < -0.4 is 10.5 Å². The van der Waals surface area contributed by atoms with Gasteiger partial charge in [-0.3, -0.25) is 0 Å². The molecule has 2 aromatic carbocycles. The van der Waals surface area contributed by atoms with E-state index < -0.39 is 0 Å². The van der Waals surface area contributed by atoms with Crippen molar-refractivity contribution in [1.29, 1.82) is 0 Å². The summed E-state index contributed by atoms with van der Waals surface area (Å²) in [6.07, 6.45) is -0.376. The van der Waals surface area contributed by atoms with Gasteiger partial charge in [-0.2, -0.15) is 0 Å². The van der Waals surface area contributed by atoms with Crippen molar-refractivity contribution in [2.45, 2.75) is 19.1 Å². The lowest BCUT2D eigenvalue weighted by atomic mass is 10.0. The Morgan fingerprint density at radius 1 is 1.10 bits per heavy atom. The number of halogens is 4. The molecule has 0 bridgehead atoms. The number of nitrogens with two attached hydrogens (primary N) is 1. The van der Waals surface area contributed by atoms with Gasteiger partial charge in [0.15, 0.2) is 0 Å². The number of hydrogen-bond donors (Lipinski definition) is 1. The van der Waals surface area contributed by atoms with E-state index in [9.17, 15) is 0 Å². The third kappa shape index (κ3) is 4.27. The van der Waals surface area contributed by atoms with Crippen molar-refractivity contribution in [1.82, 2.24) is 0 Å². The van der Waals surface area contributed by atoms with Gasteiger partial charge >= 0.3 is 0 Å². The van der Waals surface area contributed by atoms with E-state index in [1.165, 1.54) is 0 Å². The standard InChI is InChI=1S/C15H13BrCl3NO/c1-8(20)15(9-3-2-4-10(17)5-9)21-14-7-12(18)11(16)6-13(14)19/h2-8,15H,20H2,1H3. The molecule has 2 atom stereocenters. The van der Waals surface area contributed by atoms with E-state index in [2.05, 4.69) is 15.9 Å². The van der Waals surface area contributed by atoms with Crippen LogP contribution in [0, 0.1) is 0 Å². The molecule has 2 rings (SSSR count). The van der Waals surface area contributed by atoms with Gasteiger partial charge < -0.3 is 10.5 Å². The van der Waals surface area contributed by atoms with Crippen molar-refractivity contribution >= 4 is 50.7 Å². The molecule has 0 fully saturated rings. The molecule has 21 heavy (non-hydrogen) atoms. The monoisotopic (exact) mass is 407 g/mol. The first-order valence-electron chi connectivity index (χ1n) is 6.20. The fraction of sp³-hybridized carbons (Fsp3) is 0.200. The summed E-state index contributed by atoms with van der Waals surface area (Å²) in [4.78, 5) is 0. The number of rotatable bonds is 4. The lowest BCUT2D eigenvalue weighted by Crippen LogP contribution is -2.29. The Bertz CT molecular complexity index is 649. The van der Waals surface area contributed by atoms with Crippen molar-refractivity contribution in [2.75, 3.05) is 0 Å². The Labute approximate surface area is 147 Å². The fourth-order valence-electron chi connectivity index (χ4n) is 1.89. The predicted molar refractivity (Wildman–Crippen MR) is 92.6 cm³/mol. The first-order chi connectivity index (χ1) is 9.88. The first kappa shape index (κ1) is 16.9. The van der Waals surface area contributed by atoms with Gasteiger partial charge in [-0.25, -0.2) is 0 Å². The van der Waals surface area contributed by atoms with Gasteiger partial charge in [-0.05, 0) is 46.6 Å². The van der Waals surface area contributed by atoms with Crippen molar-refractivity contribution in [2.24, 2.45) is 5.73 Å². The van der Waals surface area contributed by atoms with Gasteiger partial charge in [-0.1, -0.05) is 46.9 Å².